The Hall–Kier alpha value is -0.960. The summed E-state index contributed by atoms with van der Waals surface area (Å²) < 4.78 is 0. The lowest BCUT2D eigenvalue weighted by Gasteiger charge is -2.13. The minimum Gasteiger partial charge on any atom is -0.250 e. The Morgan fingerprint density at radius 3 is 2.33 bits per heavy atom. The molecule has 1 aromatic heterocycles. The van der Waals surface area contributed by atoms with Crippen molar-refractivity contribution in [3.8, 4) is 0 Å². The number of fused-ring (bicyclic) bond motifs is 1. The van der Waals surface area contributed by atoms with E-state index in [0.717, 1.165) is 35.3 Å². The summed E-state index contributed by atoms with van der Waals surface area (Å²) in [5.41, 5.74) is 4.12. The Labute approximate surface area is 117 Å². The van der Waals surface area contributed by atoms with Crippen LogP contribution < -0.4 is 0 Å². The number of halogens is 1. The summed E-state index contributed by atoms with van der Waals surface area (Å²) in [5, 5.41) is 0. The molecule has 1 aromatic carbocycles. The van der Waals surface area contributed by atoms with Crippen molar-refractivity contribution in [2.45, 2.75) is 38.4 Å². The average molecular weight is 307 g/mol. The van der Waals surface area contributed by atoms with Crippen molar-refractivity contribution in [1.82, 2.24) is 9.97 Å². The fourth-order valence-electron chi connectivity index (χ4n) is 2.12. The SMILES string of the molecule is Cc1nc2ccccc2nc1CC(Br)CC(C)C. The van der Waals surface area contributed by atoms with Crippen LogP contribution in [0.3, 0.4) is 0 Å². The number of aromatic nitrogens is 2. The van der Waals surface area contributed by atoms with E-state index in [-0.39, 0.29) is 0 Å². The van der Waals surface area contributed by atoms with Gasteiger partial charge >= 0.3 is 0 Å². The molecule has 1 heterocycles. The highest BCUT2D eigenvalue weighted by Crippen LogP contribution is 2.20. The summed E-state index contributed by atoms with van der Waals surface area (Å²) >= 11 is 3.75. The van der Waals surface area contributed by atoms with Gasteiger partial charge in [-0.25, -0.2) is 9.97 Å². The third-order valence-corrected chi connectivity index (χ3v) is 3.68. The fourth-order valence-corrected chi connectivity index (χ4v) is 3.18. The third kappa shape index (κ3) is 3.29. The van der Waals surface area contributed by atoms with Gasteiger partial charge in [-0.15, -0.1) is 0 Å². The lowest BCUT2D eigenvalue weighted by Crippen LogP contribution is -2.10. The molecule has 2 nitrogen and oxygen atoms in total. The Bertz CT molecular complexity index is 537. The van der Waals surface area contributed by atoms with Crippen LogP contribution in [0.4, 0.5) is 0 Å². The van der Waals surface area contributed by atoms with Crippen LogP contribution in [-0.2, 0) is 6.42 Å². The zero-order valence-electron chi connectivity index (χ0n) is 11.2. The maximum Gasteiger partial charge on any atom is 0.0890 e. The number of benzene rings is 1. The molecule has 0 saturated heterocycles. The quantitative estimate of drug-likeness (QED) is 0.787. The van der Waals surface area contributed by atoms with E-state index in [4.69, 9.17) is 4.98 Å². The van der Waals surface area contributed by atoms with Gasteiger partial charge in [0.05, 0.1) is 22.4 Å². The van der Waals surface area contributed by atoms with E-state index in [1.165, 1.54) is 0 Å². The van der Waals surface area contributed by atoms with Crippen LogP contribution >= 0.6 is 15.9 Å². The molecular formula is C15H19BrN2. The van der Waals surface area contributed by atoms with Crippen molar-refractivity contribution in [3.63, 3.8) is 0 Å². The lowest BCUT2D eigenvalue weighted by atomic mass is 10.0. The monoisotopic (exact) mass is 306 g/mol. The number of alkyl halides is 1. The van der Waals surface area contributed by atoms with Crippen LogP contribution in [-0.4, -0.2) is 14.8 Å². The van der Waals surface area contributed by atoms with E-state index < -0.39 is 0 Å². The van der Waals surface area contributed by atoms with Gasteiger partial charge < -0.3 is 0 Å². The Kier molecular flexibility index (Phi) is 4.33. The number of nitrogens with zero attached hydrogens (tertiary/aromatic N) is 2. The summed E-state index contributed by atoms with van der Waals surface area (Å²) in [7, 11) is 0. The minimum atomic E-state index is 0.478. The van der Waals surface area contributed by atoms with E-state index in [9.17, 15) is 0 Å². The molecule has 0 fully saturated rings. The second-order valence-electron chi connectivity index (χ2n) is 5.18. The summed E-state index contributed by atoms with van der Waals surface area (Å²) in [6, 6.07) is 8.05. The molecule has 0 saturated carbocycles. The molecule has 2 rings (SSSR count). The van der Waals surface area contributed by atoms with Crippen LogP contribution in [0, 0.1) is 12.8 Å². The first-order valence-corrected chi connectivity index (χ1v) is 7.34. The lowest BCUT2D eigenvalue weighted by molar-refractivity contribution is 0.567. The molecule has 0 aliphatic heterocycles. The Morgan fingerprint density at radius 2 is 1.72 bits per heavy atom. The Balaban J connectivity index is 2.25. The van der Waals surface area contributed by atoms with Crippen molar-refractivity contribution in [1.29, 1.82) is 0 Å². The first kappa shape index (κ1) is 13.5. The molecule has 0 amide bonds. The topological polar surface area (TPSA) is 25.8 Å². The third-order valence-electron chi connectivity index (χ3n) is 2.98. The molecule has 0 N–H and O–H groups in total. The molecular weight excluding hydrogens is 288 g/mol. The minimum absolute atomic E-state index is 0.478. The summed E-state index contributed by atoms with van der Waals surface area (Å²) in [6.07, 6.45) is 2.11. The first-order chi connectivity index (χ1) is 8.56. The predicted octanol–water partition coefficient (Wildman–Crippen LogP) is 4.29. The largest absolute Gasteiger partial charge is 0.250 e. The molecule has 0 aliphatic rings. The number of hydrogen-bond acceptors (Lipinski definition) is 2. The van der Waals surface area contributed by atoms with E-state index in [1.54, 1.807) is 0 Å². The van der Waals surface area contributed by atoms with Crippen LogP contribution in [0.5, 0.6) is 0 Å². The molecule has 0 spiro atoms. The molecule has 0 bridgehead atoms. The molecule has 1 unspecified atom stereocenters. The molecule has 0 aliphatic carbocycles. The fraction of sp³-hybridized carbons (Fsp3) is 0.467. The zero-order chi connectivity index (χ0) is 13.1. The molecule has 1 atom stereocenters. The zero-order valence-corrected chi connectivity index (χ0v) is 12.7. The highest BCUT2D eigenvalue weighted by molar-refractivity contribution is 9.09. The second kappa shape index (κ2) is 5.79. The van der Waals surface area contributed by atoms with E-state index in [1.807, 2.05) is 31.2 Å². The van der Waals surface area contributed by atoms with E-state index >= 15 is 0 Å². The standard InChI is InChI=1S/C15H19BrN2/c1-10(2)8-12(16)9-15-11(3)17-13-6-4-5-7-14(13)18-15/h4-7,10,12H,8-9H2,1-3H3. The van der Waals surface area contributed by atoms with Gasteiger partial charge in [-0.1, -0.05) is 41.9 Å². The predicted molar refractivity (Wildman–Crippen MR) is 80.1 cm³/mol. The van der Waals surface area contributed by atoms with Crippen LogP contribution in [0.1, 0.15) is 31.7 Å². The van der Waals surface area contributed by atoms with Crippen molar-refractivity contribution in [3.05, 3.63) is 35.7 Å². The van der Waals surface area contributed by atoms with Gasteiger partial charge in [-0.2, -0.15) is 0 Å². The van der Waals surface area contributed by atoms with Gasteiger partial charge in [0.2, 0.25) is 0 Å². The van der Waals surface area contributed by atoms with Gasteiger partial charge in [-0.3, -0.25) is 0 Å². The summed E-state index contributed by atoms with van der Waals surface area (Å²) in [4.78, 5) is 9.83. The maximum absolute atomic E-state index is 4.73. The van der Waals surface area contributed by atoms with Gasteiger partial charge in [-0.05, 0) is 31.4 Å². The average Bonchev–Trinajstić information content (AvgIpc) is 2.29. The van der Waals surface area contributed by atoms with Crippen LogP contribution in [0.15, 0.2) is 24.3 Å². The molecule has 2 aromatic rings. The number of rotatable bonds is 4. The summed E-state index contributed by atoms with van der Waals surface area (Å²) in [5.74, 6) is 0.697. The molecule has 18 heavy (non-hydrogen) atoms. The maximum atomic E-state index is 4.73. The smallest absolute Gasteiger partial charge is 0.0890 e. The molecule has 96 valence electrons. The van der Waals surface area contributed by atoms with Crippen molar-refractivity contribution in [2.24, 2.45) is 5.92 Å². The number of para-hydroxylation sites is 2. The van der Waals surface area contributed by atoms with Crippen molar-refractivity contribution < 1.29 is 0 Å². The highest BCUT2D eigenvalue weighted by atomic mass is 79.9. The van der Waals surface area contributed by atoms with Crippen LogP contribution in [0.25, 0.3) is 11.0 Å². The highest BCUT2D eigenvalue weighted by Gasteiger charge is 2.12. The molecule has 3 heteroatoms. The van der Waals surface area contributed by atoms with E-state index in [0.29, 0.717) is 10.7 Å². The summed E-state index contributed by atoms with van der Waals surface area (Å²) in [6.45, 7) is 6.53. The van der Waals surface area contributed by atoms with Crippen LogP contribution in [0.2, 0.25) is 0 Å². The number of aryl methyl sites for hydroxylation is 1. The second-order valence-corrected chi connectivity index (χ2v) is 6.47. The van der Waals surface area contributed by atoms with Gasteiger partial charge in [0.15, 0.2) is 0 Å². The normalized spacial score (nSPS) is 13.2. The van der Waals surface area contributed by atoms with Gasteiger partial charge in [0.25, 0.3) is 0 Å². The van der Waals surface area contributed by atoms with Gasteiger partial charge in [0.1, 0.15) is 0 Å². The van der Waals surface area contributed by atoms with E-state index in [2.05, 4.69) is 34.8 Å². The van der Waals surface area contributed by atoms with Crippen molar-refractivity contribution >= 4 is 27.0 Å². The van der Waals surface area contributed by atoms with Gasteiger partial charge in [0, 0.05) is 11.2 Å². The molecule has 0 radical (unpaired) electrons. The van der Waals surface area contributed by atoms with Crippen molar-refractivity contribution in [2.75, 3.05) is 0 Å². The first-order valence-electron chi connectivity index (χ1n) is 6.42. The Morgan fingerprint density at radius 1 is 1.11 bits per heavy atom. The number of hydrogen-bond donors (Lipinski definition) is 0.